The van der Waals surface area contributed by atoms with Crippen molar-refractivity contribution in [3.8, 4) is 11.5 Å². The Balaban J connectivity index is 2.28. The lowest BCUT2D eigenvalue weighted by molar-refractivity contribution is -0.122. The Morgan fingerprint density at radius 2 is 2.20 bits per heavy atom. The van der Waals surface area contributed by atoms with Gasteiger partial charge in [-0.3, -0.25) is 4.79 Å². The molecular formula is C14H16ClN3O2. The fourth-order valence-corrected chi connectivity index (χ4v) is 1.66. The van der Waals surface area contributed by atoms with E-state index in [9.17, 15) is 4.79 Å². The van der Waals surface area contributed by atoms with E-state index in [-0.39, 0.29) is 11.8 Å². The number of aromatic nitrogens is 2. The Morgan fingerprint density at radius 1 is 1.45 bits per heavy atom. The van der Waals surface area contributed by atoms with Crippen LogP contribution in [-0.4, -0.2) is 22.0 Å². The van der Waals surface area contributed by atoms with Crippen molar-refractivity contribution in [3.63, 3.8) is 0 Å². The minimum atomic E-state index is -0.630. The number of anilines is 1. The average Bonchev–Trinajstić information content (AvgIpc) is 2.95. The van der Waals surface area contributed by atoms with Gasteiger partial charge in [0, 0.05) is 17.1 Å². The Hall–Kier alpha value is -1.88. The van der Waals surface area contributed by atoms with Gasteiger partial charge in [0.05, 0.1) is 5.41 Å². The smallest absolute Gasteiger partial charge is 0.247 e. The quantitative estimate of drug-likeness (QED) is 0.879. The molecule has 1 amide bonds. The van der Waals surface area contributed by atoms with Crippen molar-refractivity contribution in [1.29, 1.82) is 0 Å². The van der Waals surface area contributed by atoms with Crippen LogP contribution in [0.15, 0.2) is 29.0 Å². The number of amides is 1. The van der Waals surface area contributed by atoms with Crippen LogP contribution in [0.4, 0.5) is 5.69 Å². The number of nitrogens with zero attached hydrogens (tertiary/aromatic N) is 2. The highest BCUT2D eigenvalue weighted by atomic mass is 35.5. The summed E-state index contributed by atoms with van der Waals surface area (Å²) in [5, 5.41) is 10.4. The first kappa shape index (κ1) is 14.5. The van der Waals surface area contributed by atoms with Gasteiger partial charge in [0.2, 0.25) is 18.2 Å². The zero-order valence-corrected chi connectivity index (χ0v) is 12.4. The molecule has 0 atom stereocenters. The number of alkyl halides is 1. The first-order valence-corrected chi connectivity index (χ1v) is 6.72. The number of rotatable bonds is 4. The number of halogens is 1. The standard InChI is InChI=1S/C14H16ClN3O2/c1-9-4-5-10(12-18-16-8-20-12)6-11(9)17-13(19)14(2,3)7-15/h4-6,8H,7H2,1-3H3,(H,17,19). The Labute approximate surface area is 122 Å². The molecule has 0 aliphatic heterocycles. The lowest BCUT2D eigenvalue weighted by Crippen LogP contribution is -2.32. The van der Waals surface area contributed by atoms with E-state index in [4.69, 9.17) is 16.0 Å². The molecule has 0 spiro atoms. The van der Waals surface area contributed by atoms with Crippen molar-refractivity contribution in [2.75, 3.05) is 11.2 Å². The van der Waals surface area contributed by atoms with Gasteiger partial charge >= 0.3 is 0 Å². The highest BCUT2D eigenvalue weighted by molar-refractivity contribution is 6.20. The van der Waals surface area contributed by atoms with Gasteiger partial charge in [0.15, 0.2) is 0 Å². The molecule has 0 bridgehead atoms. The number of hydrogen-bond acceptors (Lipinski definition) is 4. The molecule has 1 heterocycles. The maximum Gasteiger partial charge on any atom is 0.247 e. The molecule has 1 N–H and O–H groups in total. The average molecular weight is 294 g/mol. The zero-order chi connectivity index (χ0) is 14.8. The highest BCUT2D eigenvalue weighted by Gasteiger charge is 2.27. The van der Waals surface area contributed by atoms with Gasteiger partial charge in [-0.05, 0) is 38.5 Å². The molecular weight excluding hydrogens is 278 g/mol. The van der Waals surface area contributed by atoms with Crippen LogP contribution in [0.25, 0.3) is 11.5 Å². The van der Waals surface area contributed by atoms with E-state index >= 15 is 0 Å². The maximum absolute atomic E-state index is 12.2. The topological polar surface area (TPSA) is 68.0 Å². The Morgan fingerprint density at radius 3 is 2.80 bits per heavy atom. The summed E-state index contributed by atoms with van der Waals surface area (Å²) in [6.07, 6.45) is 1.27. The van der Waals surface area contributed by atoms with E-state index in [0.29, 0.717) is 11.6 Å². The normalized spacial score (nSPS) is 11.4. The highest BCUT2D eigenvalue weighted by Crippen LogP contribution is 2.26. The van der Waals surface area contributed by atoms with Crippen LogP contribution in [0.2, 0.25) is 0 Å². The molecule has 1 aromatic heterocycles. The van der Waals surface area contributed by atoms with Gasteiger partial charge < -0.3 is 9.73 Å². The van der Waals surface area contributed by atoms with Crippen molar-refractivity contribution in [2.45, 2.75) is 20.8 Å². The number of aryl methyl sites for hydroxylation is 1. The minimum absolute atomic E-state index is 0.127. The summed E-state index contributed by atoms with van der Waals surface area (Å²) in [6, 6.07) is 5.57. The third kappa shape index (κ3) is 2.99. The van der Waals surface area contributed by atoms with E-state index < -0.39 is 5.41 Å². The second kappa shape index (κ2) is 5.63. The fraction of sp³-hybridized carbons (Fsp3) is 0.357. The minimum Gasteiger partial charge on any atom is -0.423 e. The van der Waals surface area contributed by atoms with Crippen LogP contribution in [0.5, 0.6) is 0 Å². The van der Waals surface area contributed by atoms with Gasteiger partial charge in [-0.15, -0.1) is 21.8 Å². The summed E-state index contributed by atoms with van der Waals surface area (Å²) < 4.78 is 5.15. The third-order valence-corrected chi connectivity index (χ3v) is 3.71. The first-order chi connectivity index (χ1) is 9.44. The van der Waals surface area contributed by atoms with Crippen LogP contribution in [0, 0.1) is 12.3 Å². The Bertz CT molecular complexity index is 609. The van der Waals surface area contributed by atoms with Crippen molar-refractivity contribution < 1.29 is 9.21 Å². The van der Waals surface area contributed by atoms with Crippen LogP contribution in [-0.2, 0) is 4.79 Å². The van der Waals surface area contributed by atoms with E-state index in [1.807, 2.05) is 25.1 Å². The lowest BCUT2D eigenvalue weighted by atomic mass is 9.95. The van der Waals surface area contributed by atoms with Crippen LogP contribution in [0.1, 0.15) is 19.4 Å². The van der Waals surface area contributed by atoms with Gasteiger partial charge in [-0.25, -0.2) is 0 Å². The van der Waals surface area contributed by atoms with Crippen LogP contribution < -0.4 is 5.32 Å². The van der Waals surface area contributed by atoms with E-state index in [0.717, 1.165) is 11.1 Å². The molecule has 0 saturated heterocycles. The summed E-state index contributed by atoms with van der Waals surface area (Å²) >= 11 is 5.81. The molecule has 1 aromatic carbocycles. The molecule has 0 saturated carbocycles. The molecule has 0 aliphatic carbocycles. The lowest BCUT2D eigenvalue weighted by Gasteiger charge is -2.21. The predicted molar refractivity (Wildman–Crippen MR) is 77.6 cm³/mol. The predicted octanol–water partition coefficient (Wildman–Crippen LogP) is 3.25. The molecule has 106 valence electrons. The van der Waals surface area contributed by atoms with Gasteiger partial charge in [0.1, 0.15) is 0 Å². The fourth-order valence-electron chi connectivity index (χ4n) is 1.54. The molecule has 20 heavy (non-hydrogen) atoms. The third-order valence-electron chi connectivity index (χ3n) is 3.04. The number of nitrogens with one attached hydrogen (secondary N) is 1. The molecule has 5 nitrogen and oxygen atoms in total. The molecule has 0 fully saturated rings. The van der Waals surface area contributed by atoms with Crippen molar-refractivity contribution in [3.05, 3.63) is 30.2 Å². The molecule has 0 aliphatic rings. The summed E-state index contributed by atoms with van der Waals surface area (Å²) in [5.74, 6) is 0.539. The van der Waals surface area contributed by atoms with Gasteiger partial charge in [-0.1, -0.05) is 6.07 Å². The van der Waals surface area contributed by atoms with Crippen molar-refractivity contribution in [2.24, 2.45) is 5.41 Å². The van der Waals surface area contributed by atoms with Gasteiger partial charge in [-0.2, -0.15) is 0 Å². The van der Waals surface area contributed by atoms with Crippen molar-refractivity contribution in [1.82, 2.24) is 10.2 Å². The first-order valence-electron chi connectivity index (χ1n) is 6.18. The van der Waals surface area contributed by atoms with E-state index in [1.165, 1.54) is 6.39 Å². The summed E-state index contributed by atoms with van der Waals surface area (Å²) in [5.41, 5.74) is 1.79. The number of carbonyl (C=O) groups excluding carboxylic acids is 1. The number of carbonyl (C=O) groups is 1. The SMILES string of the molecule is Cc1ccc(-c2nnco2)cc1NC(=O)C(C)(C)CCl. The Kier molecular flexibility index (Phi) is 4.09. The van der Waals surface area contributed by atoms with Gasteiger partial charge in [0.25, 0.3) is 0 Å². The molecule has 0 unspecified atom stereocenters. The molecule has 0 radical (unpaired) electrons. The van der Waals surface area contributed by atoms with Crippen molar-refractivity contribution >= 4 is 23.2 Å². The number of hydrogen-bond donors (Lipinski definition) is 1. The second-order valence-corrected chi connectivity index (χ2v) is 5.51. The summed E-state index contributed by atoms with van der Waals surface area (Å²) in [7, 11) is 0. The summed E-state index contributed by atoms with van der Waals surface area (Å²) in [4.78, 5) is 12.2. The largest absolute Gasteiger partial charge is 0.423 e. The molecule has 6 heteroatoms. The molecule has 2 aromatic rings. The maximum atomic E-state index is 12.2. The van der Waals surface area contributed by atoms with Crippen LogP contribution >= 0.6 is 11.6 Å². The zero-order valence-electron chi connectivity index (χ0n) is 11.6. The number of benzene rings is 1. The van der Waals surface area contributed by atoms with E-state index in [1.54, 1.807) is 13.8 Å². The molecule has 2 rings (SSSR count). The monoisotopic (exact) mass is 293 g/mol. The van der Waals surface area contributed by atoms with Crippen LogP contribution in [0.3, 0.4) is 0 Å². The second-order valence-electron chi connectivity index (χ2n) is 5.25. The summed E-state index contributed by atoms with van der Waals surface area (Å²) in [6.45, 7) is 5.51. The van der Waals surface area contributed by atoms with E-state index in [2.05, 4.69) is 15.5 Å².